The fourth-order valence-corrected chi connectivity index (χ4v) is 1.27. The number of fused-ring (bicyclic) bond motifs is 1. The van der Waals surface area contributed by atoms with Crippen LogP contribution in [0.3, 0.4) is 0 Å². The third-order valence-corrected chi connectivity index (χ3v) is 1.89. The second-order valence-corrected chi connectivity index (χ2v) is 2.76. The molecule has 0 bridgehead atoms. The van der Waals surface area contributed by atoms with Crippen molar-refractivity contribution in [3.8, 4) is 5.75 Å². The maximum atomic E-state index is 11.3. The monoisotopic (exact) mass is 189 g/mol. The third kappa shape index (κ3) is 1.37. The zero-order chi connectivity index (χ0) is 9.97. The Balaban J connectivity index is 2.70. The summed E-state index contributed by atoms with van der Waals surface area (Å²) in [6, 6.07) is 8.79. The molecule has 2 aromatic rings. The highest BCUT2D eigenvalue weighted by Gasteiger charge is 2.02. The molecular formula is C10H7NO3. The molecule has 14 heavy (non-hydrogen) atoms. The van der Waals surface area contributed by atoms with Crippen LogP contribution in [0.1, 0.15) is 0 Å². The van der Waals surface area contributed by atoms with Crippen molar-refractivity contribution in [2.45, 2.75) is 0 Å². The molecule has 1 N–H and O–H groups in total. The van der Waals surface area contributed by atoms with Gasteiger partial charge in [0.15, 0.2) is 5.75 Å². The lowest BCUT2D eigenvalue weighted by atomic mass is 10.2. The number of aromatic nitrogens is 1. The summed E-state index contributed by atoms with van der Waals surface area (Å²) in [7, 11) is 0. The van der Waals surface area contributed by atoms with Gasteiger partial charge in [0.1, 0.15) is 0 Å². The van der Waals surface area contributed by atoms with E-state index >= 15 is 0 Å². The Kier molecular flexibility index (Phi) is 2.02. The quantitative estimate of drug-likeness (QED) is 0.718. The van der Waals surface area contributed by atoms with Gasteiger partial charge in [0.25, 0.3) is 12.0 Å². The lowest BCUT2D eigenvalue weighted by Crippen LogP contribution is -2.09. The van der Waals surface area contributed by atoms with Crippen LogP contribution in [-0.2, 0) is 4.79 Å². The molecule has 0 amide bonds. The maximum absolute atomic E-state index is 11.3. The van der Waals surface area contributed by atoms with Gasteiger partial charge in [-0.15, -0.1) is 0 Å². The molecule has 0 saturated carbocycles. The van der Waals surface area contributed by atoms with E-state index in [0.717, 1.165) is 10.9 Å². The summed E-state index contributed by atoms with van der Waals surface area (Å²) in [5.74, 6) is 0.0127. The molecule has 0 fully saturated rings. The average Bonchev–Trinajstić information content (AvgIpc) is 2.19. The number of aromatic amines is 1. The van der Waals surface area contributed by atoms with E-state index in [4.69, 9.17) is 0 Å². The minimum atomic E-state index is -0.407. The lowest BCUT2D eigenvalue weighted by Gasteiger charge is -1.99. The van der Waals surface area contributed by atoms with Gasteiger partial charge >= 0.3 is 0 Å². The summed E-state index contributed by atoms with van der Waals surface area (Å²) >= 11 is 0. The highest BCUT2D eigenvalue weighted by Crippen LogP contribution is 2.13. The SMILES string of the molecule is O=COc1cc2ccccc2[nH]c1=O. The van der Waals surface area contributed by atoms with Crippen LogP contribution in [-0.4, -0.2) is 11.5 Å². The van der Waals surface area contributed by atoms with Crippen molar-refractivity contribution in [1.82, 2.24) is 4.98 Å². The maximum Gasteiger partial charge on any atom is 0.298 e. The molecule has 0 aliphatic rings. The number of carbonyl (C=O) groups excluding carboxylic acids is 1. The number of carbonyl (C=O) groups is 1. The average molecular weight is 189 g/mol. The highest BCUT2D eigenvalue weighted by atomic mass is 16.5. The molecule has 0 aliphatic heterocycles. The van der Waals surface area contributed by atoms with Crippen molar-refractivity contribution in [2.75, 3.05) is 0 Å². The van der Waals surface area contributed by atoms with Crippen molar-refractivity contribution in [3.05, 3.63) is 40.7 Å². The van der Waals surface area contributed by atoms with Crippen LogP contribution in [0.15, 0.2) is 35.1 Å². The zero-order valence-corrected chi connectivity index (χ0v) is 7.19. The van der Waals surface area contributed by atoms with Gasteiger partial charge in [-0.25, -0.2) is 0 Å². The van der Waals surface area contributed by atoms with Gasteiger partial charge in [-0.05, 0) is 12.1 Å². The molecular weight excluding hydrogens is 182 g/mol. The Morgan fingerprint density at radius 1 is 1.29 bits per heavy atom. The van der Waals surface area contributed by atoms with Crippen molar-refractivity contribution in [1.29, 1.82) is 0 Å². The Labute approximate surface area is 79.1 Å². The lowest BCUT2D eigenvalue weighted by molar-refractivity contribution is -0.120. The van der Waals surface area contributed by atoms with Crippen molar-refractivity contribution in [3.63, 3.8) is 0 Å². The third-order valence-electron chi connectivity index (χ3n) is 1.89. The minimum absolute atomic E-state index is 0.0127. The van der Waals surface area contributed by atoms with E-state index in [1.54, 1.807) is 6.07 Å². The van der Waals surface area contributed by atoms with Crippen LogP contribution in [0.4, 0.5) is 0 Å². The number of hydrogen-bond donors (Lipinski definition) is 1. The first-order valence-electron chi connectivity index (χ1n) is 4.03. The number of ether oxygens (including phenoxy) is 1. The van der Waals surface area contributed by atoms with Crippen LogP contribution in [0.2, 0.25) is 0 Å². The topological polar surface area (TPSA) is 59.2 Å². The van der Waals surface area contributed by atoms with Gasteiger partial charge in [-0.2, -0.15) is 0 Å². The predicted molar refractivity (Wildman–Crippen MR) is 51.3 cm³/mol. The Hall–Kier alpha value is -2.10. The summed E-state index contributed by atoms with van der Waals surface area (Å²) < 4.78 is 4.52. The molecule has 0 aliphatic carbocycles. The van der Waals surface area contributed by atoms with E-state index in [2.05, 4.69) is 9.72 Å². The Bertz CT molecular complexity index is 530. The van der Waals surface area contributed by atoms with Crippen LogP contribution >= 0.6 is 0 Å². The van der Waals surface area contributed by atoms with Crippen LogP contribution < -0.4 is 10.3 Å². The molecule has 0 unspecified atom stereocenters. The van der Waals surface area contributed by atoms with Gasteiger partial charge in [0.2, 0.25) is 0 Å². The predicted octanol–water partition coefficient (Wildman–Crippen LogP) is 1.06. The number of pyridine rings is 1. The fraction of sp³-hybridized carbons (Fsp3) is 0. The molecule has 1 aromatic heterocycles. The minimum Gasteiger partial charge on any atom is -0.423 e. The smallest absolute Gasteiger partial charge is 0.298 e. The number of para-hydroxylation sites is 1. The molecule has 4 heteroatoms. The Morgan fingerprint density at radius 3 is 2.86 bits per heavy atom. The van der Waals surface area contributed by atoms with Crippen LogP contribution in [0, 0.1) is 0 Å². The molecule has 70 valence electrons. The van der Waals surface area contributed by atoms with Gasteiger partial charge in [-0.1, -0.05) is 18.2 Å². The normalized spacial score (nSPS) is 10.0. The number of rotatable bonds is 2. The molecule has 1 aromatic carbocycles. The van der Waals surface area contributed by atoms with E-state index < -0.39 is 5.56 Å². The van der Waals surface area contributed by atoms with Crippen molar-refractivity contribution < 1.29 is 9.53 Å². The van der Waals surface area contributed by atoms with Gasteiger partial charge in [0, 0.05) is 10.9 Å². The summed E-state index contributed by atoms with van der Waals surface area (Å²) in [4.78, 5) is 24.0. The molecule has 0 atom stereocenters. The number of hydrogen-bond acceptors (Lipinski definition) is 3. The second kappa shape index (κ2) is 3.33. The molecule has 1 heterocycles. The Morgan fingerprint density at radius 2 is 2.07 bits per heavy atom. The van der Waals surface area contributed by atoms with E-state index in [1.807, 2.05) is 18.2 Å². The molecule has 4 nitrogen and oxygen atoms in total. The van der Waals surface area contributed by atoms with Gasteiger partial charge < -0.3 is 9.72 Å². The van der Waals surface area contributed by atoms with Crippen LogP contribution in [0.5, 0.6) is 5.75 Å². The largest absolute Gasteiger partial charge is 0.423 e. The number of H-pyrrole nitrogens is 1. The van der Waals surface area contributed by atoms with E-state index in [1.165, 1.54) is 6.07 Å². The standard InChI is InChI=1S/C10H7NO3/c12-6-14-9-5-7-3-1-2-4-8(7)11-10(9)13/h1-6H,(H,11,13). The second-order valence-electron chi connectivity index (χ2n) is 2.76. The summed E-state index contributed by atoms with van der Waals surface area (Å²) in [6.45, 7) is 0.235. The van der Waals surface area contributed by atoms with E-state index in [-0.39, 0.29) is 12.2 Å². The summed E-state index contributed by atoms with van der Waals surface area (Å²) in [6.07, 6.45) is 0. The number of benzene rings is 1. The molecule has 0 saturated heterocycles. The number of nitrogens with one attached hydrogen (secondary N) is 1. The summed E-state index contributed by atoms with van der Waals surface area (Å²) in [5.41, 5.74) is 0.312. The zero-order valence-electron chi connectivity index (χ0n) is 7.19. The van der Waals surface area contributed by atoms with E-state index in [0.29, 0.717) is 0 Å². The first kappa shape index (κ1) is 8.50. The first-order valence-corrected chi connectivity index (χ1v) is 4.03. The van der Waals surface area contributed by atoms with Crippen molar-refractivity contribution in [2.24, 2.45) is 0 Å². The highest BCUT2D eigenvalue weighted by molar-refractivity contribution is 5.79. The molecule has 0 spiro atoms. The van der Waals surface area contributed by atoms with Crippen molar-refractivity contribution >= 4 is 17.4 Å². The molecule has 0 radical (unpaired) electrons. The van der Waals surface area contributed by atoms with Gasteiger partial charge in [-0.3, -0.25) is 9.59 Å². The van der Waals surface area contributed by atoms with Gasteiger partial charge in [0.05, 0.1) is 0 Å². The first-order chi connectivity index (χ1) is 6.81. The molecule has 2 rings (SSSR count). The van der Waals surface area contributed by atoms with Crippen LogP contribution in [0.25, 0.3) is 10.9 Å². The fourth-order valence-electron chi connectivity index (χ4n) is 1.27. The summed E-state index contributed by atoms with van der Waals surface area (Å²) in [5, 5.41) is 0.823. The van der Waals surface area contributed by atoms with E-state index in [9.17, 15) is 9.59 Å².